The molecule has 0 aromatic heterocycles. The fourth-order valence-corrected chi connectivity index (χ4v) is 8.27. The average Bonchev–Trinajstić information content (AvgIpc) is 3.44. The van der Waals surface area contributed by atoms with Crippen molar-refractivity contribution in [3.05, 3.63) is 204 Å². The predicted octanol–water partition coefficient (Wildman–Crippen LogP) is 13.4. The molecule has 2 aliphatic carbocycles. The van der Waals surface area contributed by atoms with Gasteiger partial charge in [-0.05, 0) is 80.5 Å². The van der Waals surface area contributed by atoms with Crippen molar-refractivity contribution < 1.29 is 9.47 Å². The minimum Gasteiger partial charge on any atom is -0.449 e. The van der Waals surface area contributed by atoms with E-state index in [1.807, 2.05) is 6.07 Å². The van der Waals surface area contributed by atoms with Crippen molar-refractivity contribution in [2.24, 2.45) is 5.92 Å². The highest BCUT2D eigenvalue weighted by molar-refractivity contribution is 5.83. The molecule has 0 saturated carbocycles. The minimum absolute atomic E-state index is 0.00828. The molecule has 2 nitrogen and oxygen atoms in total. The van der Waals surface area contributed by atoms with Crippen LogP contribution in [0, 0.1) is 5.92 Å². The number of fused-ring (bicyclic) bond motifs is 6. The maximum atomic E-state index is 7.03. The van der Waals surface area contributed by atoms with Gasteiger partial charge in [0.15, 0.2) is 23.0 Å². The molecule has 2 unspecified atom stereocenters. The van der Waals surface area contributed by atoms with Gasteiger partial charge in [0.05, 0.1) is 0 Å². The molecule has 6 aromatic rings. The van der Waals surface area contributed by atoms with E-state index in [0.717, 1.165) is 40.5 Å². The van der Waals surface area contributed by atoms with Crippen LogP contribution in [0.15, 0.2) is 176 Å². The third kappa shape index (κ3) is 5.71. The summed E-state index contributed by atoms with van der Waals surface area (Å²) in [6.45, 7) is 4.70. The van der Waals surface area contributed by atoms with Gasteiger partial charge < -0.3 is 9.47 Å². The fourth-order valence-electron chi connectivity index (χ4n) is 8.27. The maximum Gasteiger partial charge on any atom is 0.177 e. The topological polar surface area (TPSA) is 18.5 Å². The lowest BCUT2D eigenvalue weighted by Gasteiger charge is -2.29. The average molecular weight is 673 g/mol. The van der Waals surface area contributed by atoms with Crippen LogP contribution >= 0.6 is 0 Å². The van der Waals surface area contributed by atoms with Crippen LogP contribution in [0.25, 0.3) is 33.9 Å². The molecule has 9 rings (SSSR count). The van der Waals surface area contributed by atoms with Crippen molar-refractivity contribution in [3.8, 4) is 45.3 Å². The zero-order valence-corrected chi connectivity index (χ0v) is 29.5. The Morgan fingerprint density at radius 1 is 0.635 bits per heavy atom. The summed E-state index contributed by atoms with van der Waals surface area (Å²) in [7, 11) is 0. The summed E-state index contributed by atoms with van der Waals surface area (Å²) in [5, 5.41) is 0. The molecule has 1 heterocycles. The largest absolute Gasteiger partial charge is 0.449 e. The van der Waals surface area contributed by atoms with Crippen molar-refractivity contribution in [1.82, 2.24) is 0 Å². The quantitative estimate of drug-likeness (QED) is 0.157. The number of hydrogen-bond acceptors (Lipinski definition) is 2. The van der Waals surface area contributed by atoms with Crippen LogP contribution in [0.2, 0.25) is 0 Å². The van der Waals surface area contributed by atoms with E-state index >= 15 is 0 Å². The fraction of sp³-hybridized carbons (Fsp3) is 0.120. The summed E-state index contributed by atoms with van der Waals surface area (Å²) in [5.41, 5.74) is 11.9. The first-order valence-electron chi connectivity index (χ1n) is 18.2. The summed E-state index contributed by atoms with van der Waals surface area (Å²) in [6, 6.07) is 49.2. The molecule has 3 aliphatic rings. The van der Waals surface area contributed by atoms with Crippen LogP contribution in [0.3, 0.4) is 0 Å². The smallest absolute Gasteiger partial charge is 0.177 e. The van der Waals surface area contributed by atoms with E-state index < -0.39 is 0 Å². The molecule has 0 radical (unpaired) electrons. The zero-order valence-electron chi connectivity index (χ0n) is 29.5. The molecular formula is C50H40O2. The van der Waals surface area contributed by atoms with E-state index in [0.29, 0.717) is 5.92 Å². The highest BCUT2D eigenvalue weighted by atomic mass is 16.6. The molecule has 0 amide bonds. The van der Waals surface area contributed by atoms with Gasteiger partial charge in [-0.3, -0.25) is 0 Å². The Balaban J connectivity index is 1.10. The number of rotatable bonds is 7. The molecule has 0 fully saturated rings. The van der Waals surface area contributed by atoms with Crippen LogP contribution in [0.4, 0.5) is 0 Å². The van der Waals surface area contributed by atoms with Crippen molar-refractivity contribution in [2.75, 3.05) is 0 Å². The van der Waals surface area contributed by atoms with Crippen molar-refractivity contribution in [2.45, 2.75) is 31.6 Å². The van der Waals surface area contributed by atoms with Gasteiger partial charge in [-0.15, -0.1) is 0 Å². The van der Waals surface area contributed by atoms with E-state index in [-0.39, 0.29) is 11.3 Å². The summed E-state index contributed by atoms with van der Waals surface area (Å²) < 4.78 is 13.7. The van der Waals surface area contributed by atoms with Crippen molar-refractivity contribution in [1.29, 1.82) is 0 Å². The first-order valence-corrected chi connectivity index (χ1v) is 18.2. The van der Waals surface area contributed by atoms with Gasteiger partial charge in [0.25, 0.3) is 0 Å². The van der Waals surface area contributed by atoms with Crippen LogP contribution in [0.5, 0.6) is 23.0 Å². The molecule has 0 N–H and O–H groups in total. The van der Waals surface area contributed by atoms with Crippen molar-refractivity contribution >= 4 is 11.6 Å². The molecule has 0 saturated heterocycles. The van der Waals surface area contributed by atoms with Gasteiger partial charge in [0, 0.05) is 17.0 Å². The van der Waals surface area contributed by atoms with Crippen LogP contribution in [0.1, 0.15) is 47.6 Å². The molecule has 0 spiro atoms. The number of allylic oxidation sites excluding steroid dienone is 7. The second kappa shape index (κ2) is 13.2. The first-order chi connectivity index (χ1) is 25.5. The number of hydrogen-bond donors (Lipinski definition) is 0. The molecular weight excluding hydrogens is 633 g/mol. The molecule has 2 atom stereocenters. The van der Waals surface area contributed by atoms with Crippen LogP contribution in [-0.4, -0.2) is 0 Å². The molecule has 252 valence electrons. The predicted molar refractivity (Wildman–Crippen MR) is 215 cm³/mol. The second-order valence-corrected chi connectivity index (χ2v) is 14.4. The van der Waals surface area contributed by atoms with E-state index in [1.54, 1.807) is 0 Å². The Morgan fingerprint density at radius 3 is 2.21 bits per heavy atom. The summed E-state index contributed by atoms with van der Waals surface area (Å²) in [5.74, 6) is 3.78. The maximum absolute atomic E-state index is 7.03. The minimum atomic E-state index is -0.00828. The Hall–Kier alpha value is -6.12. The third-order valence-electron chi connectivity index (χ3n) is 11.0. The molecule has 52 heavy (non-hydrogen) atoms. The number of benzene rings is 6. The van der Waals surface area contributed by atoms with E-state index in [1.165, 1.54) is 44.5 Å². The lowest BCUT2D eigenvalue weighted by Crippen LogP contribution is -2.24. The van der Waals surface area contributed by atoms with Gasteiger partial charge in [0.2, 0.25) is 0 Å². The van der Waals surface area contributed by atoms with E-state index in [4.69, 9.17) is 9.47 Å². The monoisotopic (exact) mass is 672 g/mol. The lowest BCUT2D eigenvalue weighted by molar-refractivity contribution is 0.355. The van der Waals surface area contributed by atoms with E-state index in [2.05, 4.69) is 190 Å². The Morgan fingerprint density at radius 2 is 1.35 bits per heavy atom. The first kappa shape index (κ1) is 31.8. The molecule has 2 heteroatoms. The Bertz CT molecular complexity index is 2410. The normalized spacial score (nSPS) is 17.8. The van der Waals surface area contributed by atoms with Gasteiger partial charge in [-0.2, -0.15) is 0 Å². The second-order valence-electron chi connectivity index (χ2n) is 14.4. The zero-order chi connectivity index (χ0) is 35.1. The molecule has 0 bridgehead atoms. The van der Waals surface area contributed by atoms with Gasteiger partial charge in [0.1, 0.15) is 0 Å². The highest BCUT2D eigenvalue weighted by Gasteiger charge is 2.47. The lowest BCUT2D eigenvalue weighted by atomic mass is 9.74. The van der Waals surface area contributed by atoms with Gasteiger partial charge in [-0.1, -0.05) is 178 Å². The molecule has 6 aromatic carbocycles. The standard InChI is InChI=1S/C50H40O2/c1-50(2)43-25-12-11-23-42(43)47-44(50)31-32-46-49(47)52-48-41(24-14-26-45(48)51-46)40-22-10-9-19-37(40)30-29-36(28-27-34-15-5-3-6-16-34)39-21-13-20-38(33-39)35-17-7-4-8-18-35/h3-29,31-33,42-43H,30H2,1-2H3/b28-27+,36-29+. The highest BCUT2D eigenvalue weighted by Crippen LogP contribution is 2.61. The van der Waals surface area contributed by atoms with Gasteiger partial charge >= 0.3 is 0 Å². The van der Waals surface area contributed by atoms with Crippen LogP contribution < -0.4 is 9.47 Å². The molecule has 1 aliphatic heterocycles. The SMILES string of the molecule is CC1(C)c2ccc3c(c2C2C=CC=CC21)Oc1c(cccc1-c1ccccc1C/C=C(\C=C\c1ccccc1)c1cccc(-c2ccccc2)c1)O3. The van der Waals surface area contributed by atoms with Crippen LogP contribution in [-0.2, 0) is 11.8 Å². The third-order valence-corrected chi connectivity index (χ3v) is 11.0. The van der Waals surface area contributed by atoms with E-state index in [9.17, 15) is 0 Å². The van der Waals surface area contributed by atoms with Crippen molar-refractivity contribution in [3.63, 3.8) is 0 Å². The number of para-hydroxylation sites is 1. The summed E-state index contributed by atoms with van der Waals surface area (Å²) in [6.07, 6.45) is 16.6. The Kier molecular flexibility index (Phi) is 8.09. The summed E-state index contributed by atoms with van der Waals surface area (Å²) in [4.78, 5) is 0. The van der Waals surface area contributed by atoms with Gasteiger partial charge in [-0.25, -0.2) is 0 Å². The Labute approximate surface area is 306 Å². The number of ether oxygens (including phenoxy) is 2. The summed E-state index contributed by atoms with van der Waals surface area (Å²) >= 11 is 0.